The molecule has 0 aliphatic heterocycles. The van der Waals surface area contributed by atoms with Gasteiger partial charge in [-0.2, -0.15) is 0 Å². The van der Waals surface area contributed by atoms with Crippen LogP contribution in [0.1, 0.15) is 0 Å². The maximum atomic E-state index is 11.5. The van der Waals surface area contributed by atoms with Crippen LogP contribution < -0.4 is 10.2 Å². The Bertz CT molecular complexity index is 413. The van der Waals surface area contributed by atoms with Crippen LogP contribution >= 0.6 is 15.8 Å². The molecular weight excluding hydrogens is 333 g/mol. The molecule has 0 heterocycles. The zero-order valence-electron chi connectivity index (χ0n) is 7.96. The summed E-state index contributed by atoms with van der Waals surface area (Å²) in [5, 5.41) is 18.8. The molecular formula is C6H2F2O6P2Zn. The second-order valence-corrected chi connectivity index (χ2v) is 2.69. The van der Waals surface area contributed by atoms with E-state index in [0.29, 0.717) is 0 Å². The van der Waals surface area contributed by atoms with Gasteiger partial charge in [-0.05, 0) is 0 Å². The van der Waals surface area contributed by atoms with Gasteiger partial charge in [0.15, 0.2) is 0 Å². The number of carboxylic acid groups (broad SMARTS) is 2. The number of hydrogen-bond acceptors (Lipinski definition) is 6. The third-order valence-electron chi connectivity index (χ3n) is 0.746. The van der Waals surface area contributed by atoms with E-state index in [-0.39, 0.29) is 19.5 Å². The SMILES string of the molecule is O=P#C[C@H](F)C(=O)[O-].O=P#C[C@H](F)C(=O)[O-].[Zn+2]. The van der Waals surface area contributed by atoms with E-state index in [1.54, 1.807) is 0 Å². The van der Waals surface area contributed by atoms with Gasteiger partial charge in [0.05, 0.1) is 0 Å². The number of carboxylic acids is 2. The summed E-state index contributed by atoms with van der Waals surface area (Å²) in [5.74, 6) is -3.85. The fourth-order valence-corrected chi connectivity index (χ4v) is 0.594. The van der Waals surface area contributed by atoms with Crippen molar-refractivity contribution in [3.8, 4) is 11.3 Å². The van der Waals surface area contributed by atoms with Crippen molar-refractivity contribution in [1.82, 2.24) is 0 Å². The Balaban J connectivity index is -0.000000218. The monoisotopic (exact) mass is 334 g/mol. The Hall–Kier alpha value is -0.557. The Kier molecular flexibility index (Phi) is 17.2. The van der Waals surface area contributed by atoms with Crippen molar-refractivity contribution in [3.05, 3.63) is 0 Å². The molecule has 88 valence electrons. The molecule has 0 rings (SSSR count). The molecule has 0 aliphatic carbocycles. The van der Waals surface area contributed by atoms with Crippen LogP contribution in [0.15, 0.2) is 0 Å². The van der Waals surface area contributed by atoms with Crippen LogP contribution in [0.25, 0.3) is 0 Å². The number of hydrogen-bond donors (Lipinski definition) is 0. The molecule has 0 aliphatic rings. The van der Waals surface area contributed by atoms with Gasteiger partial charge >= 0.3 is 109 Å². The zero-order valence-corrected chi connectivity index (χ0v) is 12.7. The van der Waals surface area contributed by atoms with E-state index in [2.05, 4.69) is 0 Å². The van der Waals surface area contributed by atoms with Crippen molar-refractivity contribution in [2.45, 2.75) is 12.3 Å². The first-order valence-corrected chi connectivity index (χ1v) is 4.84. The van der Waals surface area contributed by atoms with Crippen molar-refractivity contribution in [3.63, 3.8) is 0 Å². The summed E-state index contributed by atoms with van der Waals surface area (Å²) in [4.78, 5) is 18.8. The van der Waals surface area contributed by atoms with Gasteiger partial charge in [0.1, 0.15) is 0 Å². The van der Waals surface area contributed by atoms with Crippen LogP contribution in [-0.4, -0.2) is 24.3 Å². The number of halogens is 2. The molecule has 2 atom stereocenters. The third kappa shape index (κ3) is 15.4. The van der Waals surface area contributed by atoms with Gasteiger partial charge in [-0.15, -0.1) is 0 Å². The number of carbonyl (C=O) groups excluding carboxylic acids is 2. The van der Waals surface area contributed by atoms with Crippen molar-refractivity contribution in [2.75, 3.05) is 0 Å². The summed E-state index contributed by atoms with van der Waals surface area (Å²) in [7, 11) is -1.52. The Morgan fingerprint density at radius 1 is 0.941 bits per heavy atom. The predicted octanol–water partition coefficient (Wildman–Crippen LogP) is -1.35. The molecule has 17 heavy (non-hydrogen) atoms. The minimum Gasteiger partial charge on any atom is 2.00 e. The van der Waals surface area contributed by atoms with Crippen LogP contribution in [0.2, 0.25) is 0 Å². The standard InChI is InChI=1S/2C3H2FO3P.Zn/c2*4-2(1-8-7)3(5)6;/h2*2H,(H,5,6);/q;;+2/p-2/t2*2-;/m00./s1. The molecule has 0 saturated heterocycles. The van der Waals surface area contributed by atoms with Gasteiger partial charge in [0.25, 0.3) is 0 Å². The second kappa shape index (κ2) is 13.5. The normalized spacial score (nSPS) is 10.9. The number of rotatable bonds is 2. The third-order valence-corrected chi connectivity index (χ3v) is 1.41. The van der Waals surface area contributed by atoms with Crippen molar-refractivity contribution < 1.29 is 57.2 Å². The Morgan fingerprint density at radius 3 is 1.24 bits per heavy atom. The molecule has 0 spiro atoms. The van der Waals surface area contributed by atoms with Crippen LogP contribution in [-0.2, 0) is 38.2 Å². The van der Waals surface area contributed by atoms with E-state index in [0.717, 1.165) is 0 Å². The fourth-order valence-electron chi connectivity index (χ4n) is 0.198. The van der Waals surface area contributed by atoms with E-state index in [1.807, 2.05) is 0 Å². The predicted molar refractivity (Wildman–Crippen MR) is 42.8 cm³/mol. The number of carbonyl (C=O) groups is 2. The van der Waals surface area contributed by atoms with Gasteiger partial charge in [-0.3, -0.25) is 0 Å². The average molecular weight is 335 g/mol. The summed E-state index contributed by atoms with van der Waals surface area (Å²) in [6.45, 7) is 0. The number of aliphatic carboxylic acids is 2. The largest absolute Gasteiger partial charge is 2.00 e. The summed E-state index contributed by atoms with van der Waals surface area (Å²) < 4.78 is 41.8. The quantitative estimate of drug-likeness (QED) is 0.455. The summed E-state index contributed by atoms with van der Waals surface area (Å²) in [5.41, 5.74) is 2.87. The molecule has 0 amide bonds. The summed E-state index contributed by atoms with van der Waals surface area (Å²) in [6.07, 6.45) is -4.71. The molecule has 0 aromatic carbocycles. The molecule has 0 N–H and O–H groups in total. The molecule has 0 aromatic rings. The molecule has 0 aromatic heterocycles. The first-order chi connectivity index (χ1) is 7.36. The Labute approximate surface area is 109 Å². The van der Waals surface area contributed by atoms with E-state index in [1.165, 1.54) is 11.3 Å². The van der Waals surface area contributed by atoms with Gasteiger partial charge in [-0.1, -0.05) is 0 Å². The van der Waals surface area contributed by atoms with Gasteiger partial charge in [0, 0.05) is 0 Å². The van der Waals surface area contributed by atoms with Crippen LogP contribution in [0.5, 0.6) is 0 Å². The molecule has 0 radical (unpaired) electrons. The topological polar surface area (TPSA) is 114 Å². The summed E-state index contributed by atoms with van der Waals surface area (Å²) in [6, 6.07) is 0. The van der Waals surface area contributed by atoms with Crippen LogP contribution in [0.4, 0.5) is 8.78 Å². The van der Waals surface area contributed by atoms with E-state index in [9.17, 15) is 37.7 Å². The molecule has 11 heteroatoms. The molecule has 0 unspecified atom stereocenters. The first-order valence-electron chi connectivity index (χ1n) is 3.22. The fraction of sp³-hybridized carbons (Fsp3) is 0.333. The number of alkyl halides is 2. The van der Waals surface area contributed by atoms with Gasteiger partial charge in [0.2, 0.25) is 0 Å². The minimum absolute atomic E-state index is 0. The molecule has 0 saturated carbocycles. The molecule has 0 fully saturated rings. The first kappa shape index (κ1) is 21.7. The van der Waals surface area contributed by atoms with Crippen LogP contribution in [0.3, 0.4) is 0 Å². The summed E-state index contributed by atoms with van der Waals surface area (Å²) >= 11 is 0. The minimum atomic E-state index is -2.35. The maximum Gasteiger partial charge on any atom is 2.00 e. The second-order valence-electron chi connectivity index (χ2n) is 1.80. The molecule has 6 nitrogen and oxygen atoms in total. The van der Waals surface area contributed by atoms with Gasteiger partial charge in [-0.25, -0.2) is 0 Å². The van der Waals surface area contributed by atoms with E-state index >= 15 is 0 Å². The Morgan fingerprint density at radius 2 is 1.18 bits per heavy atom. The van der Waals surface area contributed by atoms with Crippen LogP contribution in [0, 0.1) is 11.3 Å². The van der Waals surface area contributed by atoms with Crippen molar-refractivity contribution in [1.29, 1.82) is 0 Å². The van der Waals surface area contributed by atoms with Crippen molar-refractivity contribution >= 4 is 27.8 Å². The van der Waals surface area contributed by atoms with E-state index < -0.39 is 40.1 Å². The smallest absolute Gasteiger partial charge is 2.00 e. The van der Waals surface area contributed by atoms with Crippen molar-refractivity contribution in [2.24, 2.45) is 0 Å². The molecule has 0 bridgehead atoms. The van der Waals surface area contributed by atoms with E-state index in [4.69, 9.17) is 0 Å². The zero-order chi connectivity index (χ0) is 13.1. The average Bonchev–Trinajstić information content (AvgIpc) is 2.19. The van der Waals surface area contributed by atoms with Gasteiger partial charge < -0.3 is 0 Å². The maximum absolute atomic E-state index is 11.5.